The first-order valence-electron chi connectivity index (χ1n) is 7.54. The molecular weight excluding hydrogens is 240 g/mol. The van der Waals surface area contributed by atoms with Crippen LogP contribution in [0, 0.1) is 0 Å². The van der Waals surface area contributed by atoms with E-state index in [1.165, 1.54) is 38.5 Å². The zero-order chi connectivity index (χ0) is 13.8. The third-order valence-corrected chi connectivity index (χ3v) is 3.18. The summed E-state index contributed by atoms with van der Waals surface area (Å²) >= 11 is 0. The second-order valence-electron chi connectivity index (χ2n) is 5.11. The number of aromatic nitrogens is 2. The summed E-state index contributed by atoms with van der Waals surface area (Å²) in [5, 5.41) is 9.75. The van der Waals surface area contributed by atoms with Crippen LogP contribution in [-0.2, 0) is 11.3 Å². The molecule has 110 valence electrons. The Hall–Kier alpha value is -0.870. The number of aliphatic hydroxyl groups excluding tert-OH is 1. The minimum Gasteiger partial charge on any atom is -0.389 e. The first-order chi connectivity index (χ1) is 9.33. The smallest absolute Gasteiger partial charge is 0.0952 e. The van der Waals surface area contributed by atoms with Gasteiger partial charge in [0.2, 0.25) is 0 Å². The molecule has 0 amide bonds. The summed E-state index contributed by atoms with van der Waals surface area (Å²) in [6.07, 6.45) is 13.8. The van der Waals surface area contributed by atoms with Gasteiger partial charge in [0.05, 0.1) is 25.6 Å². The highest BCUT2D eigenvalue weighted by molar-refractivity contribution is 4.75. The Kier molecular flexibility index (Phi) is 9.37. The van der Waals surface area contributed by atoms with Crippen molar-refractivity contribution in [1.82, 2.24) is 9.55 Å². The minimum atomic E-state index is -0.446. The molecule has 0 saturated heterocycles. The van der Waals surface area contributed by atoms with Crippen LogP contribution < -0.4 is 0 Å². The Bertz CT molecular complexity index is 288. The highest BCUT2D eigenvalue weighted by atomic mass is 16.5. The van der Waals surface area contributed by atoms with E-state index in [0.717, 1.165) is 13.0 Å². The van der Waals surface area contributed by atoms with Crippen molar-refractivity contribution in [1.29, 1.82) is 0 Å². The normalized spacial score (nSPS) is 12.7. The van der Waals surface area contributed by atoms with Crippen LogP contribution in [0.4, 0.5) is 0 Å². The van der Waals surface area contributed by atoms with Crippen LogP contribution in [-0.4, -0.2) is 34.0 Å². The van der Waals surface area contributed by atoms with E-state index in [2.05, 4.69) is 11.9 Å². The molecule has 0 aliphatic heterocycles. The summed E-state index contributed by atoms with van der Waals surface area (Å²) in [6.45, 7) is 3.96. The minimum absolute atomic E-state index is 0.411. The second kappa shape index (κ2) is 11.0. The fourth-order valence-electron chi connectivity index (χ4n) is 2.07. The number of imidazole rings is 1. The molecule has 0 aromatic carbocycles. The molecule has 0 aliphatic rings. The number of hydrogen-bond acceptors (Lipinski definition) is 3. The largest absolute Gasteiger partial charge is 0.389 e. The number of hydrogen-bond donors (Lipinski definition) is 1. The van der Waals surface area contributed by atoms with Crippen LogP contribution in [0.25, 0.3) is 0 Å². The maximum atomic E-state index is 9.75. The Balaban J connectivity index is 1.85. The van der Waals surface area contributed by atoms with Gasteiger partial charge in [-0.05, 0) is 6.42 Å². The van der Waals surface area contributed by atoms with Crippen molar-refractivity contribution < 1.29 is 9.84 Å². The highest BCUT2D eigenvalue weighted by Crippen LogP contribution is 2.06. The van der Waals surface area contributed by atoms with E-state index in [1.54, 1.807) is 12.5 Å². The first kappa shape index (κ1) is 16.2. The first-order valence-corrected chi connectivity index (χ1v) is 7.54. The van der Waals surface area contributed by atoms with Gasteiger partial charge in [0, 0.05) is 19.0 Å². The van der Waals surface area contributed by atoms with Gasteiger partial charge < -0.3 is 14.4 Å². The second-order valence-corrected chi connectivity index (χ2v) is 5.11. The molecule has 0 saturated carbocycles. The number of unbranched alkanes of at least 4 members (excludes halogenated alkanes) is 6. The van der Waals surface area contributed by atoms with Gasteiger partial charge in [-0.2, -0.15) is 0 Å². The Morgan fingerprint density at radius 2 is 1.89 bits per heavy atom. The fourth-order valence-corrected chi connectivity index (χ4v) is 2.07. The van der Waals surface area contributed by atoms with Crippen molar-refractivity contribution in [3.63, 3.8) is 0 Å². The van der Waals surface area contributed by atoms with Crippen LogP contribution in [0.5, 0.6) is 0 Å². The van der Waals surface area contributed by atoms with Gasteiger partial charge in [-0.25, -0.2) is 4.98 Å². The van der Waals surface area contributed by atoms with Gasteiger partial charge in [-0.1, -0.05) is 45.4 Å². The summed E-state index contributed by atoms with van der Waals surface area (Å²) < 4.78 is 7.35. The Morgan fingerprint density at radius 3 is 2.58 bits per heavy atom. The van der Waals surface area contributed by atoms with Crippen LogP contribution in [0.3, 0.4) is 0 Å². The molecule has 1 unspecified atom stereocenters. The molecule has 1 aromatic rings. The summed E-state index contributed by atoms with van der Waals surface area (Å²) in [5.74, 6) is 0. The molecule has 4 nitrogen and oxygen atoms in total. The predicted molar refractivity (Wildman–Crippen MR) is 77.0 cm³/mol. The number of rotatable bonds is 12. The zero-order valence-corrected chi connectivity index (χ0v) is 12.1. The van der Waals surface area contributed by atoms with Gasteiger partial charge in [0.25, 0.3) is 0 Å². The van der Waals surface area contributed by atoms with Gasteiger partial charge in [-0.15, -0.1) is 0 Å². The van der Waals surface area contributed by atoms with Crippen molar-refractivity contribution in [3.05, 3.63) is 18.7 Å². The predicted octanol–water partition coefficient (Wildman–Crippen LogP) is 3.01. The standard InChI is InChI=1S/C15H28N2O2/c1-2-3-4-5-6-7-8-11-19-13-15(18)12-17-10-9-16-14-17/h9-10,14-15,18H,2-8,11-13H2,1H3. The lowest BCUT2D eigenvalue weighted by Gasteiger charge is -2.11. The molecule has 4 heteroatoms. The topological polar surface area (TPSA) is 47.3 Å². The van der Waals surface area contributed by atoms with Gasteiger partial charge >= 0.3 is 0 Å². The summed E-state index contributed by atoms with van der Waals surface area (Å²) in [7, 11) is 0. The van der Waals surface area contributed by atoms with Gasteiger partial charge in [-0.3, -0.25) is 0 Å². The zero-order valence-electron chi connectivity index (χ0n) is 12.1. The lowest BCUT2D eigenvalue weighted by Crippen LogP contribution is -2.21. The molecule has 0 spiro atoms. The highest BCUT2D eigenvalue weighted by Gasteiger charge is 2.04. The van der Waals surface area contributed by atoms with Crippen molar-refractivity contribution in [2.75, 3.05) is 13.2 Å². The average Bonchev–Trinajstić information content (AvgIpc) is 2.89. The van der Waals surface area contributed by atoms with Gasteiger partial charge in [0.15, 0.2) is 0 Å². The summed E-state index contributed by atoms with van der Waals surface area (Å²) in [6, 6.07) is 0. The maximum Gasteiger partial charge on any atom is 0.0952 e. The molecule has 1 heterocycles. The maximum absolute atomic E-state index is 9.75. The molecule has 1 rings (SSSR count). The fraction of sp³-hybridized carbons (Fsp3) is 0.800. The van der Waals surface area contributed by atoms with Crippen molar-refractivity contribution in [2.24, 2.45) is 0 Å². The molecule has 19 heavy (non-hydrogen) atoms. The van der Waals surface area contributed by atoms with E-state index >= 15 is 0 Å². The van der Waals surface area contributed by atoms with Crippen LogP contribution in [0.15, 0.2) is 18.7 Å². The molecule has 0 fully saturated rings. The third kappa shape index (κ3) is 8.78. The summed E-state index contributed by atoms with van der Waals surface area (Å²) in [5.41, 5.74) is 0. The molecular formula is C15H28N2O2. The molecule has 0 radical (unpaired) electrons. The molecule has 1 aromatic heterocycles. The van der Waals surface area contributed by atoms with E-state index in [0.29, 0.717) is 13.2 Å². The van der Waals surface area contributed by atoms with E-state index in [-0.39, 0.29) is 0 Å². The molecule has 0 aliphatic carbocycles. The van der Waals surface area contributed by atoms with E-state index in [1.807, 2.05) is 10.8 Å². The number of ether oxygens (including phenoxy) is 1. The van der Waals surface area contributed by atoms with E-state index in [9.17, 15) is 5.11 Å². The SMILES string of the molecule is CCCCCCCCCOCC(O)Cn1ccnc1. The molecule has 1 N–H and O–H groups in total. The summed E-state index contributed by atoms with van der Waals surface area (Å²) in [4.78, 5) is 3.94. The lowest BCUT2D eigenvalue weighted by molar-refractivity contribution is 0.0266. The van der Waals surface area contributed by atoms with E-state index < -0.39 is 6.10 Å². The Labute approximate surface area is 116 Å². The van der Waals surface area contributed by atoms with Crippen molar-refractivity contribution in [2.45, 2.75) is 64.5 Å². The van der Waals surface area contributed by atoms with Crippen molar-refractivity contribution in [3.8, 4) is 0 Å². The lowest BCUT2D eigenvalue weighted by atomic mass is 10.1. The van der Waals surface area contributed by atoms with Crippen LogP contribution >= 0.6 is 0 Å². The van der Waals surface area contributed by atoms with Crippen LogP contribution in [0.1, 0.15) is 51.9 Å². The number of nitrogens with zero attached hydrogens (tertiary/aromatic N) is 2. The van der Waals surface area contributed by atoms with Crippen molar-refractivity contribution >= 4 is 0 Å². The molecule has 1 atom stereocenters. The Morgan fingerprint density at radius 1 is 1.16 bits per heavy atom. The molecule has 0 bridgehead atoms. The monoisotopic (exact) mass is 268 g/mol. The van der Waals surface area contributed by atoms with E-state index in [4.69, 9.17) is 4.74 Å². The van der Waals surface area contributed by atoms with Gasteiger partial charge in [0.1, 0.15) is 0 Å². The van der Waals surface area contributed by atoms with Crippen LogP contribution in [0.2, 0.25) is 0 Å². The number of aliphatic hydroxyl groups is 1. The average molecular weight is 268 g/mol. The third-order valence-electron chi connectivity index (χ3n) is 3.18. The quantitative estimate of drug-likeness (QED) is 0.593.